The molecule has 3 rings (SSSR count). The number of hydrogen-bond acceptors (Lipinski definition) is 2. The van der Waals surface area contributed by atoms with Crippen LogP contribution in [0.1, 0.15) is 18.4 Å². The highest BCUT2D eigenvalue weighted by molar-refractivity contribution is 5.99. The van der Waals surface area contributed by atoms with Crippen LogP contribution in [0, 0.1) is 5.82 Å². The number of hydrogen-bond donors (Lipinski definition) is 1. The monoisotopic (exact) mass is 270 g/mol. The first kappa shape index (κ1) is 13.3. The fraction of sp³-hybridized carbons (Fsp3) is 0.462. The predicted molar refractivity (Wildman–Crippen MR) is 70.7 cm³/mol. The first-order chi connectivity index (χ1) is 8.25. The van der Waals surface area contributed by atoms with Gasteiger partial charge >= 0.3 is 0 Å². The zero-order valence-electron chi connectivity index (χ0n) is 9.99. The smallest absolute Gasteiger partial charge is 0.244 e. The maximum absolute atomic E-state index is 13.2. The van der Waals surface area contributed by atoms with Crippen LogP contribution in [0.4, 0.5) is 10.1 Å². The van der Waals surface area contributed by atoms with E-state index in [0.29, 0.717) is 6.54 Å². The van der Waals surface area contributed by atoms with Crippen molar-refractivity contribution in [2.75, 3.05) is 18.0 Å². The SMILES string of the molecule is Cl.O=C([C@@H]1CCCN1)N1CCc2ccc(F)cc21. The second-order valence-electron chi connectivity index (χ2n) is 4.66. The number of anilines is 1. The summed E-state index contributed by atoms with van der Waals surface area (Å²) >= 11 is 0. The predicted octanol–water partition coefficient (Wildman–Crippen LogP) is 1.89. The Hall–Kier alpha value is -1.13. The topological polar surface area (TPSA) is 32.3 Å². The van der Waals surface area contributed by atoms with Gasteiger partial charge in [0.25, 0.3) is 0 Å². The molecule has 1 saturated heterocycles. The van der Waals surface area contributed by atoms with Crippen LogP contribution in [-0.2, 0) is 11.2 Å². The molecule has 0 saturated carbocycles. The van der Waals surface area contributed by atoms with Gasteiger partial charge < -0.3 is 10.2 Å². The standard InChI is InChI=1S/C13H15FN2O.ClH/c14-10-4-3-9-5-7-16(12(9)8-10)13(17)11-2-1-6-15-11;/h3-4,8,11,15H,1-2,5-7H2;1H/t11-;/m0./s1. The fourth-order valence-electron chi connectivity index (χ4n) is 2.66. The lowest BCUT2D eigenvalue weighted by Crippen LogP contribution is -2.42. The highest BCUT2D eigenvalue weighted by atomic mass is 35.5. The van der Waals surface area contributed by atoms with Gasteiger partial charge in [0.05, 0.1) is 6.04 Å². The summed E-state index contributed by atoms with van der Waals surface area (Å²) in [5.41, 5.74) is 1.82. The minimum absolute atomic E-state index is 0. The normalized spacial score (nSPS) is 21.6. The molecule has 1 amide bonds. The summed E-state index contributed by atoms with van der Waals surface area (Å²) in [6.07, 6.45) is 2.76. The van der Waals surface area contributed by atoms with Crippen LogP contribution in [0.25, 0.3) is 0 Å². The number of nitrogens with one attached hydrogen (secondary N) is 1. The Bertz CT molecular complexity index is 460. The van der Waals surface area contributed by atoms with E-state index in [-0.39, 0.29) is 30.2 Å². The Balaban J connectivity index is 0.00000120. The molecule has 5 heteroatoms. The Labute approximate surface area is 112 Å². The second kappa shape index (κ2) is 5.24. The summed E-state index contributed by atoms with van der Waals surface area (Å²) in [7, 11) is 0. The lowest BCUT2D eigenvalue weighted by Gasteiger charge is -2.21. The molecule has 0 spiro atoms. The van der Waals surface area contributed by atoms with Gasteiger partial charge in [0, 0.05) is 12.2 Å². The number of rotatable bonds is 1. The van der Waals surface area contributed by atoms with E-state index in [1.165, 1.54) is 12.1 Å². The van der Waals surface area contributed by atoms with Crippen LogP contribution in [0.15, 0.2) is 18.2 Å². The van der Waals surface area contributed by atoms with Gasteiger partial charge in [-0.2, -0.15) is 0 Å². The maximum atomic E-state index is 13.2. The van der Waals surface area contributed by atoms with Gasteiger partial charge in [0.1, 0.15) is 5.82 Å². The van der Waals surface area contributed by atoms with Gasteiger partial charge in [0.15, 0.2) is 0 Å². The first-order valence-electron chi connectivity index (χ1n) is 6.09. The van der Waals surface area contributed by atoms with Crippen LogP contribution in [0.2, 0.25) is 0 Å². The molecular formula is C13H16ClFN2O. The molecule has 2 heterocycles. The molecule has 18 heavy (non-hydrogen) atoms. The van der Waals surface area contributed by atoms with E-state index in [0.717, 1.165) is 37.1 Å². The minimum Gasteiger partial charge on any atom is -0.310 e. The van der Waals surface area contributed by atoms with E-state index >= 15 is 0 Å². The van der Waals surface area contributed by atoms with Gasteiger partial charge in [0.2, 0.25) is 5.91 Å². The van der Waals surface area contributed by atoms with E-state index in [1.54, 1.807) is 11.0 Å². The molecule has 1 fully saturated rings. The molecule has 1 aromatic rings. The maximum Gasteiger partial charge on any atom is 0.244 e. The number of halogens is 2. The van der Waals surface area contributed by atoms with Crippen molar-refractivity contribution in [3.05, 3.63) is 29.6 Å². The van der Waals surface area contributed by atoms with Crippen molar-refractivity contribution >= 4 is 24.0 Å². The molecular weight excluding hydrogens is 255 g/mol. The molecule has 0 bridgehead atoms. The van der Waals surface area contributed by atoms with Crippen LogP contribution >= 0.6 is 12.4 Å². The van der Waals surface area contributed by atoms with Gasteiger partial charge in [-0.25, -0.2) is 4.39 Å². The van der Waals surface area contributed by atoms with Gasteiger partial charge in [-0.1, -0.05) is 6.07 Å². The number of benzene rings is 1. The number of carbonyl (C=O) groups is 1. The molecule has 2 aliphatic heterocycles. The van der Waals surface area contributed by atoms with Gasteiger partial charge in [-0.05, 0) is 43.5 Å². The molecule has 0 unspecified atom stereocenters. The lowest BCUT2D eigenvalue weighted by atomic mass is 10.1. The molecule has 1 atom stereocenters. The zero-order chi connectivity index (χ0) is 11.8. The Morgan fingerprint density at radius 3 is 3.00 bits per heavy atom. The van der Waals surface area contributed by atoms with Crippen molar-refractivity contribution in [3.63, 3.8) is 0 Å². The third-order valence-electron chi connectivity index (χ3n) is 3.57. The van der Waals surface area contributed by atoms with Crippen molar-refractivity contribution in [2.45, 2.75) is 25.3 Å². The van der Waals surface area contributed by atoms with E-state index in [2.05, 4.69) is 5.32 Å². The molecule has 98 valence electrons. The number of nitrogens with zero attached hydrogens (tertiary/aromatic N) is 1. The van der Waals surface area contributed by atoms with E-state index in [9.17, 15) is 9.18 Å². The summed E-state index contributed by atoms with van der Waals surface area (Å²) < 4.78 is 13.2. The third kappa shape index (κ3) is 2.22. The Morgan fingerprint density at radius 1 is 1.44 bits per heavy atom. The highest BCUT2D eigenvalue weighted by Gasteiger charge is 2.31. The summed E-state index contributed by atoms with van der Waals surface area (Å²) in [4.78, 5) is 14.0. The lowest BCUT2D eigenvalue weighted by molar-refractivity contribution is -0.120. The van der Waals surface area contributed by atoms with E-state index < -0.39 is 0 Å². The minimum atomic E-state index is -0.275. The van der Waals surface area contributed by atoms with Gasteiger partial charge in [-0.3, -0.25) is 4.79 Å². The third-order valence-corrected chi connectivity index (χ3v) is 3.57. The van der Waals surface area contributed by atoms with Crippen molar-refractivity contribution in [1.29, 1.82) is 0 Å². The number of carbonyl (C=O) groups excluding carboxylic acids is 1. The quantitative estimate of drug-likeness (QED) is 0.845. The van der Waals surface area contributed by atoms with Crippen molar-refractivity contribution in [3.8, 4) is 0 Å². The first-order valence-corrected chi connectivity index (χ1v) is 6.09. The van der Waals surface area contributed by atoms with Crippen molar-refractivity contribution < 1.29 is 9.18 Å². The average Bonchev–Trinajstić information content (AvgIpc) is 2.97. The average molecular weight is 271 g/mol. The van der Waals surface area contributed by atoms with Crippen LogP contribution in [0.5, 0.6) is 0 Å². The Kier molecular flexibility index (Phi) is 3.88. The van der Waals surface area contributed by atoms with Crippen molar-refractivity contribution in [1.82, 2.24) is 5.32 Å². The molecule has 2 aliphatic rings. The van der Waals surface area contributed by atoms with Crippen molar-refractivity contribution in [2.24, 2.45) is 0 Å². The molecule has 0 aromatic heterocycles. The van der Waals surface area contributed by atoms with Crippen LogP contribution in [0.3, 0.4) is 0 Å². The number of amides is 1. The van der Waals surface area contributed by atoms with Crippen LogP contribution in [-0.4, -0.2) is 25.0 Å². The molecule has 0 radical (unpaired) electrons. The fourth-order valence-corrected chi connectivity index (χ4v) is 2.66. The zero-order valence-corrected chi connectivity index (χ0v) is 10.8. The Morgan fingerprint density at radius 2 is 2.28 bits per heavy atom. The summed E-state index contributed by atoms with van der Waals surface area (Å²) in [6, 6.07) is 4.62. The van der Waals surface area contributed by atoms with E-state index in [1.807, 2.05) is 0 Å². The summed E-state index contributed by atoms with van der Waals surface area (Å²) in [6.45, 7) is 1.58. The molecule has 1 aromatic carbocycles. The largest absolute Gasteiger partial charge is 0.310 e. The summed E-state index contributed by atoms with van der Waals surface area (Å²) in [5, 5.41) is 3.19. The second-order valence-corrected chi connectivity index (χ2v) is 4.66. The summed E-state index contributed by atoms with van der Waals surface area (Å²) in [5.74, 6) is -0.185. The van der Waals surface area contributed by atoms with Crippen LogP contribution < -0.4 is 10.2 Å². The van der Waals surface area contributed by atoms with Gasteiger partial charge in [-0.15, -0.1) is 12.4 Å². The number of fused-ring (bicyclic) bond motifs is 1. The van der Waals surface area contributed by atoms with E-state index in [4.69, 9.17) is 0 Å². The highest BCUT2D eigenvalue weighted by Crippen LogP contribution is 2.29. The molecule has 3 nitrogen and oxygen atoms in total. The molecule has 0 aliphatic carbocycles. The molecule has 1 N–H and O–H groups in total.